The molecule has 62 valence electrons. The molecule has 0 aliphatic rings. The van der Waals surface area contributed by atoms with E-state index >= 15 is 0 Å². The van der Waals surface area contributed by atoms with Crippen LogP contribution in [0.3, 0.4) is 0 Å². The Morgan fingerprint density at radius 3 is 1.50 bits per heavy atom. The molecule has 0 spiro atoms. The van der Waals surface area contributed by atoms with Crippen LogP contribution in [0.1, 0.15) is 0 Å². The standard InChI is InChI=1S/C2ClF5OS/c3-2(1-9)10(4,5,6,7)8. The second kappa shape index (κ2) is 1.49. The van der Waals surface area contributed by atoms with E-state index in [4.69, 9.17) is 4.79 Å². The van der Waals surface area contributed by atoms with Crippen molar-refractivity contribution >= 4 is 27.8 Å². The quantitative estimate of drug-likeness (QED) is 0.471. The van der Waals surface area contributed by atoms with Gasteiger partial charge in [-0.15, -0.1) is 0 Å². The largest absolute Gasteiger partial charge is 0.329 e. The maximum absolute atomic E-state index is 11.2. The van der Waals surface area contributed by atoms with Crippen LogP contribution >= 0.6 is 21.8 Å². The van der Waals surface area contributed by atoms with Gasteiger partial charge in [-0.1, -0.05) is 31.0 Å². The first-order chi connectivity index (χ1) is 3.97. The van der Waals surface area contributed by atoms with Gasteiger partial charge >= 0.3 is 10.2 Å². The molecule has 0 unspecified atom stereocenters. The lowest BCUT2D eigenvalue weighted by Crippen LogP contribution is -2.04. The van der Waals surface area contributed by atoms with E-state index in [0.717, 1.165) is 0 Å². The van der Waals surface area contributed by atoms with Gasteiger partial charge in [0.15, 0.2) is 5.94 Å². The summed E-state index contributed by atoms with van der Waals surface area (Å²) in [6.07, 6.45) is 0. The van der Waals surface area contributed by atoms with Gasteiger partial charge in [0.05, 0.1) is 0 Å². The van der Waals surface area contributed by atoms with Crippen molar-refractivity contribution in [3.05, 3.63) is 4.36 Å². The summed E-state index contributed by atoms with van der Waals surface area (Å²) in [6, 6.07) is 0. The van der Waals surface area contributed by atoms with Crippen molar-refractivity contribution in [3.8, 4) is 0 Å². The Bertz CT molecular complexity index is 207. The molecule has 0 atom stereocenters. The van der Waals surface area contributed by atoms with Gasteiger partial charge in [-0.25, -0.2) is 4.79 Å². The van der Waals surface area contributed by atoms with Crippen LogP contribution in [0.15, 0.2) is 4.36 Å². The number of rotatable bonds is 1. The molecular formula is C2ClF5OS. The van der Waals surface area contributed by atoms with Crippen molar-refractivity contribution < 1.29 is 24.2 Å². The van der Waals surface area contributed by atoms with Crippen LogP contribution in [0.5, 0.6) is 0 Å². The summed E-state index contributed by atoms with van der Waals surface area (Å²) in [6.45, 7) is 0. The number of hydrogen-bond acceptors (Lipinski definition) is 1. The van der Waals surface area contributed by atoms with E-state index in [1.807, 2.05) is 0 Å². The summed E-state index contributed by atoms with van der Waals surface area (Å²) in [4.78, 5) is 9.10. The van der Waals surface area contributed by atoms with E-state index in [-0.39, 0.29) is 5.94 Å². The molecule has 0 saturated carbocycles. The number of carbonyl (C=O) groups excluding carboxylic acids is 1. The van der Waals surface area contributed by atoms with Gasteiger partial charge in [0.1, 0.15) is 0 Å². The highest BCUT2D eigenvalue weighted by Crippen LogP contribution is 3.02. The average molecular weight is 203 g/mol. The normalized spacial score (nSPS) is 18.6. The predicted molar refractivity (Wildman–Crippen MR) is 28.2 cm³/mol. The van der Waals surface area contributed by atoms with Crippen LogP contribution in [0.25, 0.3) is 0 Å². The summed E-state index contributed by atoms with van der Waals surface area (Å²) < 4.78 is 52.9. The van der Waals surface area contributed by atoms with Gasteiger partial charge < -0.3 is 0 Å². The second-order valence-corrected chi connectivity index (χ2v) is 4.29. The highest BCUT2D eigenvalue weighted by Gasteiger charge is 2.68. The molecule has 0 aromatic carbocycles. The molecule has 10 heavy (non-hydrogen) atoms. The van der Waals surface area contributed by atoms with E-state index in [9.17, 15) is 19.4 Å². The summed E-state index contributed by atoms with van der Waals surface area (Å²) in [7, 11) is -9.89. The average Bonchev–Trinajstić information content (AvgIpc) is 1.57. The first-order valence-corrected chi connectivity index (χ1v) is 3.95. The smallest absolute Gasteiger partial charge is 0.231 e. The topological polar surface area (TPSA) is 17.1 Å². The third-order valence-corrected chi connectivity index (χ3v) is 2.13. The summed E-state index contributed by atoms with van der Waals surface area (Å²) in [5, 5.41) is 0. The maximum atomic E-state index is 11.2. The Kier molecular flexibility index (Phi) is 1.45. The number of halogens is 6. The Labute approximate surface area is 57.2 Å². The van der Waals surface area contributed by atoms with Crippen molar-refractivity contribution in [2.75, 3.05) is 0 Å². The minimum atomic E-state index is -9.89. The first-order valence-electron chi connectivity index (χ1n) is 1.62. The van der Waals surface area contributed by atoms with Gasteiger partial charge in [0, 0.05) is 0 Å². The van der Waals surface area contributed by atoms with Gasteiger partial charge in [0.25, 0.3) is 4.36 Å². The van der Waals surface area contributed by atoms with Crippen molar-refractivity contribution in [2.45, 2.75) is 0 Å². The van der Waals surface area contributed by atoms with Gasteiger partial charge in [-0.2, -0.15) is 0 Å². The molecular weight excluding hydrogens is 203 g/mol. The van der Waals surface area contributed by atoms with Crippen LogP contribution in [0.2, 0.25) is 0 Å². The lowest BCUT2D eigenvalue weighted by molar-refractivity contribution is 0.383. The first kappa shape index (κ1) is 9.74. The molecule has 8 heteroatoms. The lowest BCUT2D eigenvalue weighted by atomic mass is 11.2. The molecule has 0 fully saturated rings. The van der Waals surface area contributed by atoms with E-state index in [1.165, 1.54) is 0 Å². The summed E-state index contributed by atoms with van der Waals surface area (Å²) in [5.41, 5.74) is 0. The summed E-state index contributed by atoms with van der Waals surface area (Å²) in [5.74, 6) is -0.105. The van der Waals surface area contributed by atoms with E-state index in [0.29, 0.717) is 0 Å². The molecule has 0 amide bonds. The lowest BCUT2D eigenvalue weighted by Gasteiger charge is -2.37. The minimum Gasteiger partial charge on any atom is -0.231 e. The monoisotopic (exact) mass is 202 g/mol. The van der Waals surface area contributed by atoms with Crippen LogP contribution in [0, 0.1) is 0 Å². The molecule has 0 radical (unpaired) electrons. The number of hydrogen-bond donors (Lipinski definition) is 0. The zero-order valence-electron chi connectivity index (χ0n) is 4.08. The van der Waals surface area contributed by atoms with Crippen molar-refractivity contribution in [2.24, 2.45) is 0 Å². The molecule has 0 aliphatic carbocycles. The molecule has 0 aromatic rings. The zero-order valence-corrected chi connectivity index (χ0v) is 5.66. The van der Waals surface area contributed by atoms with Crippen LogP contribution in [-0.2, 0) is 4.79 Å². The molecule has 0 N–H and O–H groups in total. The van der Waals surface area contributed by atoms with E-state index in [1.54, 1.807) is 0 Å². The Morgan fingerprint density at radius 1 is 1.20 bits per heavy atom. The van der Waals surface area contributed by atoms with Gasteiger partial charge in [-0.3, -0.25) is 0 Å². The van der Waals surface area contributed by atoms with Gasteiger partial charge in [-0.05, 0) is 0 Å². The maximum Gasteiger partial charge on any atom is 0.329 e. The second-order valence-electron chi connectivity index (χ2n) is 1.34. The van der Waals surface area contributed by atoms with E-state index in [2.05, 4.69) is 11.6 Å². The molecule has 1 nitrogen and oxygen atoms in total. The summed E-state index contributed by atoms with van der Waals surface area (Å²) >= 11 is 3.89. The molecule has 0 rings (SSSR count). The fourth-order valence-corrected chi connectivity index (χ4v) is 0.236. The van der Waals surface area contributed by atoms with Crippen molar-refractivity contribution in [1.29, 1.82) is 0 Å². The van der Waals surface area contributed by atoms with Crippen LogP contribution in [0.4, 0.5) is 19.4 Å². The minimum absolute atomic E-state index is 0.105. The Hall–Kier alpha value is -0.260. The molecule has 0 bridgehead atoms. The molecule has 0 aromatic heterocycles. The fraction of sp³-hybridized carbons (Fsp3) is 0. The third-order valence-electron chi connectivity index (χ3n) is 0.419. The Morgan fingerprint density at radius 2 is 1.50 bits per heavy atom. The van der Waals surface area contributed by atoms with Crippen LogP contribution < -0.4 is 0 Å². The van der Waals surface area contributed by atoms with Crippen LogP contribution in [-0.4, -0.2) is 5.94 Å². The molecule has 0 aliphatic heterocycles. The molecule has 0 saturated heterocycles. The Balaban J connectivity index is 5.35. The zero-order chi connectivity index (χ0) is 8.69. The van der Waals surface area contributed by atoms with Crippen molar-refractivity contribution in [1.82, 2.24) is 0 Å². The molecule has 0 heterocycles. The highest BCUT2D eigenvalue weighted by molar-refractivity contribution is 8.49. The highest BCUT2D eigenvalue weighted by atomic mass is 35.5. The van der Waals surface area contributed by atoms with Gasteiger partial charge in [0.2, 0.25) is 0 Å². The fourth-order valence-electron chi connectivity index (χ4n) is 0.0787. The third kappa shape index (κ3) is 2.55. The predicted octanol–water partition coefficient (Wildman–Crippen LogP) is 3.20. The van der Waals surface area contributed by atoms with E-state index < -0.39 is 14.6 Å². The SMILES string of the molecule is O=C=C(Cl)S(F)(F)(F)(F)F. The van der Waals surface area contributed by atoms with Crippen molar-refractivity contribution in [3.63, 3.8) is 0 Å².